The lowest BCUT2D eigenvalue weighted by atomic mass is 10.1. The topological polar surface area (TPSA) is 106 Å². The molecule has 1 amide bonds. The number of amides is 1. The van der Waals surface area contributed by atoms with E-state index in [2.05, 4.69) is 44.3 Å². The van der Waals surface area contributed by atoms with Gasteiger partial charge in [0.2, 0.25) is 0 Å². The Balaban J connectivity index is 1.32. The fourth-order valence-corrected chi connectivity index (χ4v) is 5.33. The van der Waals surface area contributed by atoms with Crippen molar-refractivity contribution in [1.82, 2.24) is 24.7 Å². The number of imidazole rings is 1. The smallest absolute Gasteiger partial charge is 0.257 e. The lowest BCUT2D eigenvalue weighted by Crippen LogP contribution is -2.54. The van der Waals surface area contributed by atoms with E-state index in [1.807, 2.05) is 41.9 Å². The minimum Gasteiger partial charge on any atom is -0.484 e. The summed E-state index contributed by atoms with van der Waals surface area (Å²) in [4.78, 5) is 29.6. The minimum absolute atomic E-state index is 0.0334. The van der Waals surface area contributed by atoms with Crippen LogP contribution >= 0.6 is 0 Å². The number of aromatic nitrogens is 4. The van der Waals surface area contributed by atoms with Crippen molar-refractivity contribution in [3.8, 4) is 5.75 Å². The first-order chi connectivity index (χ1) is 17.9. The van der Waals surface area contributed by atoms with E-state index in [-0.39, 0.29) is 12.0 Å². The van der Waals surface area contributed by atoms with Gasteiger partial charge < -0.3 is 29.4 Å². The maximum absolute atomic E-state index is 13.5. The average molecular weight is 502 g/mol. The van der Waals surface area contributed by atoms with Crippen LogP contribution in [0.4, 0.5) is 11.4 Å². The molecule has 2 aliphatic rings. The Kier molecular flexibility index (Phi) is 6.13. The summed E-state index contributed by atoms with van der Waals surface area (Å²) in [5.41, 5.74) is 4.95. The molecule has 0 saturated carbocycles. The monoisotopic (exact) mass is 501 g/mol. The van der Waals surface area contributed by atoms with Gasteiger partial charge in [-0.1, -0.05) is 0 Å². The van der Waals surface area contributed by atoms with Gasteiger partial charge in [0, 0.05) is 62.4 Å². The number of pyridine rings is 1. The maximum Gasteiger partial charge on any atom is 0.257 e. The van der Waals surface area contributed by atoms with E-state index >= 15 is 0 Å². The molecular formula is C27H31N7O3. The van der Waals surface area contributed by atoms with Gasteiger partial charge in [0.15, 0.2) is 11.4 Å². The van der Waals surface area contributed by atoms with Crippen LogP contribution in [0.3, 0.4) is 0 Å². The van der Waals surface area contributed by atoms with Gasteiger partial charge in [-0.3, -0.25) is 14.8 Å². The van der Waals surface area contributed by atoms with Crippen LogP contribution in [-0.4, -0.2) is 69.8 Å². The van der Waals surface area contributed by atoms with Crippen LogP contribution in [0.2, 0.25) is 0 Å². The number of hydrogen-bond donors (Lipinski definition) is 2. The second-order valence-electron chi connectivity index (χ2n) is 10.0. The summed E-state index contributed by atoms with van der Waals surface area (Å²) in [5, 5.41) is 6.60. The number of nitrogens with one attached hydrogen (secondary N) is 2. The molecule has 2 N–H and O–H groups in total. The molecule has 2 fully saturated rings. The number of aryl methyl sites for hydroxylation is 1. The lowest BCUT2D eigenvalue weighted by molar-refractivity contribution is 0.102. The zero-order valence-corrected chi connectivity index (χ0v) is 21.3. The molecule has 1 aromatic carbocycles. The van der Waals surface area contributed by atoms with E-state index in [0.717, 1.165) is 36.4 Å². The molecule has 4 aromatic rings. The summed E-state index contributed by atoms with van der Waals surface area (Å²) >= 11 is 0. The third kappa shape index (κ3) is 4.70. The number of nitrogens with zero attached hydrogens (tertiary/aromatic N) is 5. The van der Waals surface area contributed by atoms with Crippen molar-refractivity contribution in [3.05, 3.63) is 54.2 Å². The van der Waals surface area contributed by atoms with E-state index in [4.69, 9.17) is 9.47 Å². The molecule has 3 aromatic heterocycles. The quantitative estimate of drug-likeness (QED) is 0.430. The van der Waals surface area contributed by atoms with E-state index in [0.29, 0.717) is 53.5 Å². The molecule has 5 heterocycles. The van der Waals surface area contributed by atoms with Gasteiger partial charge in [-0.2, -0.15) is 0 Å². The Labute approximate surface area is 215 Å². The number of piperazine rings is 1. The van der Waals surface area contributed by atoms with Crippen LogP contribution in [0.5, 0.6) is 5.75 Å². The van der Waals surface area contributed by atoms with Gasteiger partial charge in [-0.05, 0) is 32.9 Å². The van der Waals surface area contributed by atoms with Crippen molar-refractivity contribution in [2.75, 3.05) is 36.5 Å². The summed E-state index contributed by atoms with van der Waals surface area (Å²) in [6.45, 7) is 9.23. The van der Waals surface area contributed by atoms with Crippen LogP contribution < -0.4 is 20.3 Å². The Morgan fingerprint density at radius 2 is 1.92 bits per heavy atom. The first-order valence-corrected chi connectivity index (χ1v) is 12.7. The Bertz CT molecular complexity index is 1450. The second-order valence-corrected chi connectivity index (χ2v) is 10.0. The van der Waals surface area contributed by atoms with Crippen LogP contribution in [-0.2, 0) is 4.74 Å². The molecule has 10 heteroatoms. The SMILES string of the molecule is Cc1cn2cc(NC(=O)c3ccc(N4CC(C)NC(C)C4)c4nccnc34)cc(OC3CCOC3)c2n1. The van der Waals surface area contributed by atoms with Gasteiger partial charge in [0.25, 0.3) is 5.91 Å². The Morgan fingerprint density at radius 3 is 2.68 bits per heavy atom. The van der Waals surface area contributed by atoms with Crippen LogP contribution in [0.1, 0.15) is 36.3 Å². The summed E-state index contributed by atoms with van der Waals surface area (Å²) in [5.74, 6) is 0.355. The Hall–Kier alpha value is -3.76. The lowest BCUT2D eigenvalue weighted by Gasteiger charge is -2.38. The molecule has 0 spiro atoms. The van der Waals surface area contributed by atoms with Gasteiger partial charge >= 0.3 is 0 Å². The number of carbonyl (C=O) groups is 1. The van der Waals surface area contributed by atoms with Gasteiger partial charge in [-0.25, -0.2) is 4.98 Å². The molecule has 3 atom stereocenters. The number of benzene rings is 1. The molecule has 6 rings (SSSR count). The zero-order valence-electron chi connectivity index (χ0n) is 21.3. The third-order valence-corrected chi connectivity index (χ3v) is 6.82. The summed E-state index contributed by atoms with van der Waals surface area (Å²) in [7, 11) is 0. The predicted molar refractivity (Wildman–Crippen MR) is 142 cm³/mol. The van der Waals surface area contributed by atoms with Gasteiger partial charge in [-0.15, -0.1) is 0 Å². The number of fused-ring (bicyclic) bond motifs is 2. The van der Waals surface area contributed by atoms with Crippen molar-refractivity contribution < 1.29 is 14.3 Å². The zero-order chi connectivity index (χ0) is 25.5. The molecular weight excluding hydrogens is 470 g/mol. The van der Waals surface area contributed by atoms with Gasteiger partial charge in [0.05, 0.1) is 35.8 Å². The largest absolute Gasteiger partial charge is 0.484 e. The summed E-state index contributed by atoms with van der Waals surface area (Å²) in [6.07, 6.45) is 7.85. The summed E-state index contributed by atoms with van der Waals surface area (Å²) in [6, 6.07) is 6.35. The highest BCUT2D eigenvalue weighted by Crippen LogP contribution is 2.30. The highest BCUT2D eigenvalue weighted by atomic mass is 16.5. The van der Waals surface area contributed by atoms with Crippen molar-refractivity contribution >= 4 is 34.0 Å². The molecule has 2 aliphatic heterocycles. The van der Waals surface area contributed by atoms with Crippen LogP contribution in [0, 0.1) is 6.92 Å². The molecule has 192 valence electrons. The molecule has 0 radical (unpaired) electrons. The molecule has 3 unspecified atom stereocenters. The predicted octanol–water partition coefficient (Wildman–Crippen LogP) is 3.19. The van der Waals surface area contributed by atoms with Gasteiger partial charge in [0.1, 0.15) is 17.1 Å². The normalized spacial score (nSPS) is 22.0. The minimum atomic E-state index is -0.259. The van der Waals surface area contributed by atoms with E-state index < -0.39 is 0 Å². The van der Waals surface area contributed by atoms with Crippen molar-refractivity contribution in [2.45, 2.75) is 45.4 Å². The summed E-state index contributed by atoms with van der Waals surface area (Å²) < 4.78 is 13.5. The fourth-order valence-electron chi connectivity index (χ4n) is 5.33. The first kappa shape index (κ1) is 23.6. The maximum atomic E-state index is 13.5. The molecule has 10 nitrogen and oxygen atoms in total. The Morgan fingerprint density at radius 1 is 1.14 bits per heavy atom. The fraction of sp³-hybridized carbons (Fsp3) is 0.407. The van der Waals surface area contributed by atoms with E-state index in [1.54, 1.807) is 12.4 Å². The third-order valence-electron chi connectivity index (χ3n) is 6.82. The van der Waals surface area contributed by atoms with Crippen molar-refractivity contribution in [2.24, 2.45) is 0 Å². The van der Waals surface area contributed by atoms with Crippen molar-refractivity contribution in [1.29, 1.82) is 0 Å². The molecule has 2 saturated heterocycles. The first-order valence-electron chi connectivity index (χ1n) is 12.7. The van der Waals surface area contributed by atoms with E-state index in [9.17, 15) is 4.79 Å². The number of rotatable bonds is 5. The van der Waals surface area contributed by atoms with Crippen molar-refractivity contribution in [3.63, 3.8) is 0 Å². The second kappa shape index (κ2) is 9.60. The molecule has 37 heavy (non-hydrogen) atoms. The number of anilines is 2. The average Bonchev–Trinajstić information content (AvgIpc) is 3.51. The molecule has 0 aliphatic carbocycles. The standard InChI is InChI=1S/C27H31N7O3/c1-16-11-33(12-17(2)30-16)22-5-4-21(24-25(22)29-8-7-28-24)27(35)32-19-10-23(37-20-6-9-36-15-20)26-31-18(3)13-34(26)14-19/h4-5,7-8,10,13-14,16-17,20,30H,6,9,11-12,15H2,1-3H3,(H,32,35). The van der Waals surface area contributed by atoms with Crippen LogP contribution in [0.25, 0.3) is 16.7 Å². The highest BCUT2D eigenvalue weighted by molar-refractivity contribution is 6.13. The number of ether oxygens (including phenoxy) is 2. The highest BCUT2D eigenvalue weighted by Gasteiger charge is 2.25. The number of hydrogen-bond acceptors (Lipinski definition) is 8. The molecule has 0 bridgehead atoms. The number of carbonyl (C=O) groups excluding carboxylic acids is 1. The van der Waals surface area contributed by atoms with Crippen LogP contribution in [0.15, 0.2) is 43.0 Å². The van der Waals surface area contributed by atoms with E-state index in [1.165, 1.54) is 0 Å².